The number of hydrogen-bond acceptors (Lipinski definition) is 12. The van der Waals surface area contributed by atoms with E-state index in [2.05, 4.69) is 65.4 Å². The Kier molecular flexibility index (Phi) is 16.1. The second-order valence-electron chi connectivity index (χ2n) is 17.9. The number of carbonyl (C=O) groups excluding carboxylic acids is 2. The number of halogens is 3. The molecule has 3 N–H and O–H groups in total. The molecular weight excluding hydrogens is 872 g/mol. The van der Waals surface area contributed by atoms with Crippen LogP contribution in [0.5, 0.6) is 0 Å². The number of nitrogens with zero attached hydrogens (tertiary/aromatic N) is 7. The zero-order chi connectivity index (χ0) is 46.9. The van der Waals surface area contributed by atoms with Crippen LogP contribution < -0.4 is 16.3 Å². The normalized spacial score (nSPS) is 20.0. The van der Waals surface area contributed by atoms with E-state index in [0.29, 0.717) is 70.1 Å². The summed E-state index contributed by atoms with van der Waals surface area (Å²) in [6.07, 6.45) is 3.30. The highest BCUT2D eigenvalue weighted by atomic mass is 19.4. The molecule has 0 bridgehead atoms. The number of imide groups is 1. The van der Waals surface area contributed by atoms with Crippen molar-refractivity contribution in [1.29, 1.82) is 0 Å². The summed E-state index contributed by atoms with van der Waals surface area (Å²) in [5.74, 6) is -0.584. The van der Waals surface area contributed by atoms with Gasteiger partial charge in [0.1, 0.15) is 11.7 Å². The number of aliphatic hydroxyl groups excluding tert-OH is 1. The van der Waals surface area contributed by atoms with E-state index in [0.717, 1.165) is 92.5 Å². The van der Waals surface area contributed by atoms with E-state index in [1.807, 2.05) is 18.2 Å². The van der Waals surface area contributed by atoms with E-state index in [-0.39, 0.29) is 42.7 Å². The topological polar surface area (TPSA) is 170 Å². The van der Waals surface area contributed by atoms with Gasteiger partial charge in [-0.15, -0.1) is 0 Å². The molecule has 19 heteroatoms. The van der Waals surface area contributed by atoms with Gasteiger partial charge in [-0.1, -0.05) is 30.3 Å². The van der Waals surface area contributed by atoms with Gasteiger partial charge in [-0.05, 0) is 73.8 Å². The third-order valence-electron chi connectivity index (χ3n) is 13.2. The molecule has 0 unspecified atom stereocenters. The summed E-state index contributed by atoms with van der Waals surface area (Å²) >= 11 is 0. The largest absolute Gasteiger partial charge is 0.393 e. The van der Waals surface area contributed by atoms with Gasteiger partial charge in [0.2, 0.25) is 17.8 Å². The number of benzene rings is 2. The fourth-order valence-electron chi connectivity index (χ4n) is 9.40. The first kappa shape index (κ1) is 48.3. The van der Waals surface area contributed by atoms with Crippen LogP contribution >= 0.6 is 0 Å². The van der Waals surface area contributed by atoms with E-state index in [1.165, 1.54) is 10.1 Å². The average molecular weight is 934 g/mol. The fraction of sp³-hybridized carbons (Fsp3) is 0.562. The molecule has 3 fully saturated rings. The van der Waals surface area contributed by atoms with Crippen molar-refractivity contribution in [2.24, 2.45) is 7.05 Å². The van der Waals surface area contributed by atoms with Gasteiger partial charge in [-0.25, -0.2) is 9.78 Å². The third-order valence-corrected chi connectivity index (χ3v) is 13.2. The molecule has 5 aromatic rings. The van der Waals surface area contributed by atoms with Crippen LogP contribution in [-0.4, -0.2) is 142 Å². The summed E-state index contributed by atoms with van der Waals surface area (Å²) in [5, 5.41) is 16.0. The summed E-state index contributed by atoms with van der Waals surface area (Å²) in [6.45, 7) is 8.48. The van der Waals surface area contributed by atoms with E-state index < -0.39 is 24.5 Å². The number of piperidine rings is 1. The smallest absolute Gasteiger partial charge is 0.390 e. The number of imidazole rings is 1. The molecule has 362 valence electrons. The Morgan fingerprint density at radius 1 is 0.836 bits per heavy atom. The minimum Gasteiger partial charge on any atom is -0.393 e. The molecule has 2 aliphatic heterocycles. The predicted molar refractivity (Wildman–Crippen MR) is 247 cm³/mol. The number of fused-ring (bicyclic) bond motifs is 2. The average Bonchev–Trinajstić information content (AvgIpc) is 3.80. The number of piperazine rings is 1. The van der Waals surface area contributed by atoms with Crippen LogP contribution in [0.3, 0.4) is 0 Å². The van der Waals surface area contributed by atoms with Crippen molar-refractivity contribution >= 4 is 39.8 Å². The molecule has 0 radical (unpaired) electrons. The molecule has 67 heavy (non-hydrogen) atoms. The lowest BCUT2D eigenvalue weighted by Crippen LogP contribution is -2.46. The maximum absolute atomic E-state index is 13.0. The summed E-state index contributed by atoms with van der Waals surface area (Å²) in [6, 6.07) is 13.8. The van der Waals surface area contributed by atoms with E-state index in [4.69, 9.17) is 14.2 Å². The van der Waals surface area contributed by atoms with Gasteiger partial charge in [-0.2, -0.15) is 18.2 Å². The minimum absolute atomic E-state index is 0.131. The number of aromatic nitrogens is 5. The Labute approximate surface area is 387 Å². The Balaban J connectivity index is 0.693. The Hall–Kier alpha value is -5.18. The highest BCUT2D eigenvalue weighted by Crippen LogP contribution is 2.37. The molecule has 1 aliphatic carbocycles. The number of nitrogens with one attached hydrogen (secondary N) is 2. The molecular formula is C48H62F3N9O7. The molecule has 3 aliphatic rings. The van der Waals surface area contributed by atoms with Crippen molar-refractivity contribution in [2.45, 2.75) is 88.7 Å². The maximum Gasteiger partial charge on any atom is 0.390 e. The number of amides is 2. The first-order valence-corrected chi connectivity index (χ1v) is 23.6. The Morgan fingerprint density at radius 2 is 1.52 bits per heavy atom. The maximum atomic E-state index is 13.0. The van der Waals surface area contributed by atoms with Gasteiger partial charge in [0.05, 0.1) is 56.6 Å². The second kappa shape index (κ2) is 22.3. The summed E-state index contributed by atoms with van der Waals surface area (Å²) in [4.78, 5) is 51.0. The van der Waals surface area contributed by atoms with Crippen molar-refractivity contribution in [3.8, 4) is 11.1 Å². The molecule has 1 atom stereocenters. The molecule has 2 saturated heterocycles. The van der Waals surface area contributed by atoms with Crippen molar-refractivity contribution in [3.05, 3.63) is 76.5 Å². The van der Waals surface area contributed by atoms with Crippen molar-refractivity contribution in [3.63, 3.8) is 0 Å². The van der Waals surface area contributed by atoms with Crippen LogP contribution in [0, 0.1) is 0 Å². The van der Waals surface area contributed by atoms with Crippen LogP contribution in [0.1, 0.15) is 74.6 Å². The lowest BCUT2D eigenvalue weighted by atomic mass is 9.93. The predicted octanol–water partition coefficient (Wildman–Crippen LogP) is 5.37. The third kappa shape index (κ3) is 12.5. The SMILES string of the molecule is Cn1c(=O)n([C@H]2CCC(=O)NC2=O)c2ccc(CCCOCCOCCOCCN3CCN(Cc4ccc(-c5cn([C@H]6CC[C@H](O)CC6)c6nc(NCCC(F)(F)F)ncc56)cc4)CC3)cc21. The standard InChI is InChI=1S/C48H62F3N9O7/c1-56-42-29-33(6-13-40(42)60(47(56)64)41-14-15-43(62)54-45(41)63)3-2-23-65-25-27-67-28-26-66-24-22-57-18-20-58(21-19-57)31-34-4-7-35(8-5-34)39-32-59(36-9-11-37(61)12-10-36)44-38(39)30-53-46(55-44)52-17-16-48(49,50)51/h4-8,13,29-30,32,36-37,41,61H,2-3,9-12,14-28,31H2,1H3,(H,52,53,55)(H,54,62,63)/t36-,37-,41-/m0/s1. The van der Waals surface area contributed by atoms with Gasteiger partial charge in [0, 0.05) is 95.3 Å². The number of ether oxygens (including phenoxy) is 3. The Bertz CT molecular complexity index is 2510. The van der Waals surface area contributed by atoms with Crippen LogP contribution in [0.2, 0.25) is 0 Å². The number of hydrogen-bond donors (Lipinski definition) is 3. The van der Waals surface area contributed by atoms with E-state index in [9.17, 15) is 32.7 Å². The molecule has 2 aromatic carbocycles. The zero-order valence-electron chi connectivity index (χ0n) is 38.1. The first-order valence-electron chi connectivity index (χ1n) is 23.6. The van der Waals surface area contributed by atoms with E-state index in [1.54, 1.807) is 17.8 Å². The number of aliphatic hydroxyl groups is 1. The van der Waals surface area contributed by atoms with Gasteiger partial charge < -0.3 is 29.2 Å². The Morgan fingerprint density at radius 3 is 2.24 bits per heavy atom. The lowest BCUT2D eigenvalue weighted by Gasteiger charge is -2.34. The number of aryl methyl sites for hydroxylation is 2. The quantitative estimate of drug-likeness (QED) is 0.0637. The lowest BCUT2D eigenvalue weighted by molar-refractivity contribution is -0.136. The molecule has 1 saturated carbocycles. The van der Waals surface area contributed by atoms with Crippen LogP contribution in [0.25, 0.3) is 33.2 Å². The second-order valence-corrected chi connectivity index (χ2v) is 17.9. The molecule has 0 spiro atoms. The van der Waals surface area contributed by atoms with Gasteiger partial charge in [0.25, 0.3) is 0 Å². The van der Waals surface area contributed by atoms with Gasteiger partial charge >= 0.3 is 11.9 Å². The minimum atomic E-state index is -4.27. The van der Waals surface area contributed by atoms with Crippen LogP contribution in [0.15, 0.2) is 59.7 Å². The number of carbonyl (C=O) groups is 2. The van der Waals surface area contributed by atoms with Gasteiger partial charge in [-0.3, -0.25) is 33.8 Å². The highest BCUT2D eigenvalue weighted by Gasteiger charge is 2.32. The van der Waals surface area contributed by atoms with E-state index >= 15 is 0 Å². The molecule has 5 heterocycles. The van der Waals surface area contributed by atoms with Crippen molar-refractivity contribution < 1.29 is 42.1 Å². The molecule has 2 amide bonds. The highest BCUT2D eigenvalue weighted by molar-refractivity contribution is 6.00. The van der Waals surface area contributed by atoms with Gasteiger partial charge in [0.15, 0.2) is 0 Å². The molecule has 8 rings (SSSR count). The number of alkyl halides is 3. The van der Waals surface area contributed by atoms with Crippen LogP contribution in [-0.2, 0) is 43.8 Å². The monoisotopic (exact) mass is 933 g/mol. The first-order chi connectivity index (χ1) is 32.4. The summed E-state index contributed by atoms with van der Waals surface area (Å²) in [7, 11) is 1.70. The molecule has 3 aromatic heterocycles. The molecule has 16 nitrogen and oxygen atoms in total. The van der Waals surface area contributed by atoms with Crippen molar-refractivity contribution in [1.82, 2.24) is 38.8 Å². The number of rotatable bonds is 21. The summed E-state index contributed by atoms with van der Waals surface area (Å²) in [5.41, 5.74) is 6.11. The summed E-state index contributed by atoms with van der Waals surface area (Å²) < 4.78 is 60.9. The fourth-order valence-corrected chi connectivity index (χ4v) is 9.40. The van der Waals surface area contributed by atoms with Crippen molar-refractivity contribution in [2.75, 3.05) is 84.2 Å². The van der Waals surface area contributed by atoms with Crippen LogP contribution in [0.4, 0.5) is 19.1 Å². The zero-order valence-corrected chi connectivity index (χ0v) is 38.1. The number of anilines is 1.